The van der Waals surface area contributed by atoms with Gasteiger partial charge in [0.15, 0.2) is 0 Å². The second-order valence-corrected chi connectivity index (χ2v) is 7.82. The van der Waals surface area contributed by atoms with Crippen molar-refractivity contribution in [1.29, 1.82) is 0 Å². The van der Waals surface area contributed by atoms with Crippen molar-refractivity contribution in [2.24, 2.45) is 17.2 Å². The first kappa shape index (κ1) is 34.2. The number of aliphatic hydroxyl groups excluding tert-OH is 1. The predicted octanol–water partition coefficient (Wildman–Crippen LogP) is 2.92. The number of phenols is 2. The first-order chi connectivity index (χ1) is 18.0. The van der Waals surface area contributed by atoms with Gasteiger partial charge >= 0.3 is 0 Å². The lowest BCUT2D eigenvalue weighted by Gasteiger charge is -2.07. The smallest absolute Gasteiger partial charge is 0.120 e. The number of rotatable bonds is 7. The number of benzene rings is 4. The van der Waals surface area contributed by atoms with Crippen molar-refractivity contribution in [2.45, 2.75) is 32.7 Å². The molecule has 4 rings (SSSR count). The second-order valence-electron chi connectivity index (χ2n) is 7.82. The van der Waals surface area contributed by atoms with Crippen molar-refractivity contribution in [3.05, 3.63) is 131 Å². The molecule has 0 aromatic heterocycles. The summed E-state index contributed by atoms with van der Waals surface area (Å²) in [5.74, 6) is 0.656. The highest BCUT2D eigenvalue weighted by molar-refractivity contribution is 5.31. The van der Waals surface area contributed by atoms with E-state index in [4.69, 9.17) is 27.4 Å². The molecule has 0 atom stereocenters. The summed E-state index contributed by atoms with van der Waals surface area (Å²) in [6.45, 7) is 3.16. The van der Waals surface area contributed by atoms with Gasteiger partial charge in [-0.15, -0.1) is 0 Å². The van der Waals surface area contributed by atoms with Gasteiger partial charge in [-0.1, -0.05) is 84.9 Å². The van der Waals surface area contributed by atoms with E-state index in [0.717, 1.165) is 35.9 Å². The molecule has 8 nitrogen and oxygen atoms in total. The Kier molecular flexibility index (Phi) is 19.2. The van der Waals surface area contributed by atoms with E-state index in [1.807, 2.05) is 60.7 Å². The molecule has 0 aliphatic rings. The van der Waals surface area contributed by atoms with E-state index in [1.165, 1.54) is 5.56 Å². The SMILES string of the molecule is CO.NCc1cccc(CN)c1.NCc1cccc(CNCc2ccccc2O)c1.O.Oc1ccccc1. The summed E-state index contributed by atoms with van der Waals surface area (Å²) in [5.41, 5.74) is 22.0. The van der Waals surface area contributed by atoms with Crippen molar-refractivity contribution in [3.8, 4) is 11.5 Å². The fourth-order valence-corrected chi connectivity index (χ4v) is 3.18. The Morgan fingerprint density at radius 1 is 0.553 bits per heavy atom. The first-order valence-electron chi connectivity index (χ1n) is 12.0. The van der Waals surface area contributed by atoms with E-state index >= 15 is 0 Å². The molecule has 4 aromatic rings. The van der Waals surface area contributed by atoms with Crippen LogP contribution in [0.5, 0.6) is 11.5 Å². The molecular formula is C30H42N4O4. The summed E-state index contributed by atoms with van der Waals surface area (Å²) in [6.07, 6.45) is 0. The van der Waals surface area contributed by atoms with Gasteiger partial charge in [-0.2, -0.15) is 0 Å². The maximum atomic E-state index is 9.63. The molecule has 0 amide bonds. The number of nitrogens with one attached hydrogen (secondary N) is 1. The summed E-state index contributed by atoms with van der Waals surface area (Å²) in [5, 5.41) is 28.6. The molecule has 38 heavy (non-hydrogen) atoms. The van der Waals surface area contributed by atoms with Gasteiger partial charge in [0.05, 0.1) is 0 Å². The first-order valence-corrected chi connectivity index (χ1v) is 12.0. The molecule has 8 heteroatoms. The minimum atomic E-state index is 0. The molecule has 4 aromatic carbocycles. The summed E-state index contributed by atoms with van der Waals surface area (Å²) >= 11 is 0. The van der Waals surface area contributed by atoms with Gasteiger partial charge < -0.3 is 43.3 Å². The molecule has 0 saturated carbocycles. The van der Waals surface area contributed by atoms with Crippen molar-refractivity contribution in [3.63, 3.8) is 0 Å². The third-order valence-corrected chi connectivity index (χ3v) is 5.08. The average Bonchev–Trinajstić information content (AvgIpc) is 2.96. The number of aromatic hydroxyl groups is 2. The fourth-order valence-electron chi connectivity index (χ4n) is 3.18. The monoisotopic (exact) mass is 522 g/mol. The van der Waals surface area contributed by atoms with Crippen LogP contribution in [0.1, 0.15) is 27.8 Å². The molecule has 0 fully saturated rings. The Balaban J connectivity index is 0.000000577. The van der Waals surface area contributed by atoms with Crippen LogP contribution in [0.3, 0.4) is 0 Å². The number of hydrogen-bond acceptors (Lipinski definition) is 7. The number of aliphatic hydroxyl groups is 1. The predicted molar refractivity (Wildman–Crippen MR) is 155 cm³/mol. The summed E-state index contributed by atoms with van der Waals surface area (Å²) in [4.78, 5) is 0. The topological polar surface area (TPSA) is 182 Å². The summed E-state index contributed by atoms with van der Waals surface area (Å²) in [6, 6.07) is 32.3. The molecule has 0 saturated heterocycles. The molecule has 206 valence electrons. The van der Waals surface area contributed by atoms with Gasteiger partial charge in [0.2, 0.25) is 0 Å². The maximum Gasteiger partial charge on any atom is 0.120 e. The number of nitrogens with two attached hydrogens (primary N) is 3. The Bertz CT molecular complexity index is 1110. The third-order valence-electron chi connectivity index (χ3n) is 5.08. The minimum absolute atomic E-state index is 0. The van der Waals surface area contributed by atoms with Crippen molar-refractivity contribution >= 4 is 0 Å². The van der Waals surface area contributed by atoms with Crippen LogP contribution in [-0.2, 0) is 32.7 Å². The Morgan fingerprint density at radius 3 is 1.45 bits per heavy atom. The van der Waals surface area contributed by atoms with E-state index in [1.54, 1.807) is 30.3 Å². The highest BCUT2D eigenvalue weighted by Gasteiger charge is 1.99. The Hall–Kier alpha value is -3.76. The van der Waals surface area contributed by atoms with E-state index in [-0.39, 0.29) is 5.48 Å². The summed E-state index contributed by atoms with van der Waals surface area (Å²) in [7, 11) is 1.00. The van der Waals surface area contributed by atoms with Gasteiger partial charge in [0, 0.05) is 45.4 Å². The van der Waals surface area contributed by atoms with Gasteiger partial charge in [0.1, 0.15) is 11.5 Å². The van der Waals surface area contributed by atoms with Gasteiger partial charge in [-0.3, -0.25) is 0 Å². The quantitative estimate of drug-likeness (QED) is 0.195. The van der Waals surface area contributed by atoms with Crippen LogP contribution >= 0.6 is 0 Å². The number of para-hydroxylation sites is 2. The van der Waals surface area contributed by atoms with Crippen LogP contribution in [0.4, 0.5) is 0 Å². The van der Waals surface area contributed by atoms with Crippen LogP contribution in [0.25, 0.3) is 0 Å². The maximum absolute atomic E-state index is 9.63. The zero-order chi connectivity index (χ0) is 27.3. The van der Waals surface area contributed by atoms with Crippen LogP contribution in [0.2, 0.25) is 0 Å². The largest absolute Gasteiger partial charge is 0.508 e. The van der Waals surface area contributed by atoms with Crippen molar-refractivity contribution < 1.29 is 20.8 Å². The van der Waals surface area contributed by atoms with Crippen molar-refractivity contribution in [2.75, 3.05) is 7.11 Å². The number of phenolic OH excluding ortho intramolecular Hbond substituents is 2. The highest BCUT2D eigenvalue weighted by atomic mass is 16.3. The molecule has 0 radical (unpaired) electrons. The van der Waals surface area contributed by atoms with Gasteiger partial charge in [-0.05, 0) is 40.5 Å². The van der Waals surface area contributed by atoms with E-state index in [9.17, 15) is 5.11 Å². The molecule has 0 unspecified atom stereocenters. The molecule has 12 N–H and O–H groups in total. The summed E-state index contributed by atoms with van der Waals surface area (Å²) < 4.78 is 0. The van der Waals surface area contributed by atoms with Crippen LogP contribution in [0, 0.1) is 0 Å². The molecule has 0 aliphatic carbocycles. The molecular weight excluding hydrogens is 480 g/mol. The zero-order valence-electron chi connectivity index (χ0n) is 21.9. The lowest BCUT2D eigenvalue weighted by molar-refractivity contribution is 0.399. The van der Waals surface area contributed by atoms with E-state index < -0.39 is 0 Å². The zero-order valence-corrected chi connectivity index (χ0v) is 21.9. The average molecular weight is 523 g/mol. The molecule has 0 bridgehead atoms. The van der Waals surface area contributed by atoms with Gasteiger partial charge in [0.25, 0.3) is 0 Å². The van der Waals surface area contributed by atoms with Crippen LogP contribution in [-0.4, -0.2) is 27.9 Å². The standard InChI is InChI=1S/C15H18N2O.C8H12N2.C6H6O.CH4O.H2O/c16-9-12-4-3-5-13(8-12)10-17-11-14-6-1-2-7-15(14)18;9-5-7-2-1-3-8(4-7)6-10;7-6-4-2-1-3-5-6;1-2;/h1-8,17-18H,9-11,16H2;1-4H,5-6,9-10H2;1-5,7H;2H,1H3;1H2. The highest BCUT2D eigenvalue weighted by Crippen LogP contribution is 2.15. The lowest BCUT2D eigenvalue weighted by atomic mass is 10.1. The second kappa shape index (κ2) is 21.3. The van der Waals surface area contributed by atoms with Gasteiger partial charge in [-0.25, -0.2) is 0 Å². The Morgan fingerprint density at radius 2 is 1.00 bits per heavy atom. The molecule has 0 spiro atoms. The normalized spacial score (nSPS) is 9.29. The minimum Gasteiger partial charge on any atom is -0.508 e. The van der Waals surface area contributed by atoms with Crippen LogP contribution < -0.4 is 22.5 Å². The third kappa shape index (κ3) is 14.1. The molecule has 0 aliphatic heterocycles. The Labute approximate surface area is 225 Å². The fraction of sp³-hybridized carbons (Fsp3) is 0.200. The van der Waals surface area contributed by atoms with E-state index in [2.05, 4.69) is 17.4 Å². The van der Waals surface area contributed by atoms with E-state index in [0.29, 0.717) is 37.7 Å². The van der Waals surface area contributed by atoms with Crippen molar-refractivity contribution in [1.82, 2.24) is 5.32 Å². The molecule has 0 heterocycles. The van der Waals surface area contributed by atoms with Crippen LogP contribution in [0.15, 0.2) is 103 Å². The number of hydrogen-bond donors (Lipinski definition) is 7. The lowest BCUT2D eigenvalue weighted by Crippen LogP contribution is -2.13.